The van der Waals surface area contributed by atoms with Crippen LogP contribution >= 0.6 is 0 Å². The summed E-state index contributed by atoms with van der Waals surface area (Å²) in [6, 6.07) is 0. The van der Waals surface area contributed by atoms with E-state index in [0.29, 0.717) is 11.1 Å². The number of rotatable bonds is 4. The molecule has 0 aliphatic carbocycles. The van der Waals surface area contributed by atoms with Gasteiger partial charge >= 0.3 is 17.9 Å². The summed E-state index contributed by atoms with van der Waals surface area (Å²) in [4.78, 5) is 48.5. The van der Waals surface area contributed by atoms with Crippen molar-refractivity contribution in [2.75, 3.05) is 21.3 Å². The summed E-state index contributed by atoms with van der Waals surface area (Å²) >= 11 is 0. The first kappa shape index (κ1) is 18.3. The lowest BCUT2D eigenvalue weighted by Crippen LogP contribution is -2.24. The van der Waals surface area contributed by atoms with Crippen LogP contribution in [0, 0.1) is 13.8 Å². The van der Waals surface area contributed by atoms with Gasteiger partial charge in [0.1, 0.15) is 0 Å². The van der Waals surface area contributed by atoms with Crippen molar-refractivity contribution in [3.63, 3.8) is 0 Å². The molecular formula is C16H18O7. The molecule has 1 aromatic carbocycles. The van der Waals surface area contributed by atoms with E-state index in [1.807, 2.05) is 0 Å². The third-order valence-electron chi connectivity index (χ3n) is 3.58. The van der Waals surface area contributed by atoms with Gasteiger partial charge in [-0.2, -0.15) is 0 Å². The number of carbonyl (C=O) groups is 4. The van der Waals surface area contributed by atoms with Gasteiger partial charge in [-0.3, -0.25) is 4.79 Å². The Morgan fingerprint density at radius 2 is 0.913 bits per heavy atom. The summed E-state index contributed by atoms with van der Waals surface area (Å²) in [6.07, 6.45) is 0. The number of hydrogen-bond acceptors (Lipinski definition) is 7. The molecular weight excluding hydrogens is 304 g/mol. The quantitative estimate of drug-likeness (QED) is 0.474. The van der Waals surface area contributed by atoms with Gasteiger partial charge < -0.3 is 14.2 Å². The Morgan fingerprint density at radius 3 is 1.26 bits per heavy atom. The highest BCUT2D eigenvalue weighted by Crippen LogP contribution is 2.30. The average Bonchev–Trinajstić information content (AvgIpc) is 2.53. The minimum Gasteiger partial charge on any atom is -0.465 e. The van der Waals surface area contributed by atoms with E-state index < -0.39 is 23.7 Å². The van der Waals surface area contributed by atoms with Crippen LogP contribution < -0.4 is 0 Å². The Labute approximate surface area is 133 Å². The molecule has 0 aromatic heterocycles. The highest BCUT2D eigenvalue weighted by molar-refractivity contribution is 6.17. The fourth-order valence-corrected chi connectivity index (χ4v) is 2.41. The second kappa shape index (κ2) is 7.04. The maximum Gasteiger partial charge on any atom is 0.339 e. The summed E-state index contributed by atoms with van der Waals surface area (Å²) < 4.78 is 14.0. The summed E-state index contributed by atoms with van der Waals surface area (Å²) in [5.74, 6) is -3.10. The molecule has 0 aliphatic heterocycles. The number of benzene rings is 1. The lowest BCUT2D eigenvalue weighted by molar-refractivity contribution is 0.0533. The van der Waals surface area contributed by atoms with Gasteiger partial charge in [-0.05, 0) is 31.9 Å². The van der Waals surface area contributed by atoms with E-state index >= 15 is 0 Å². The zero-order valence-electron chi connectivity index (χ0n) is 13.9. The predicted octanol–water partition coefficient (Wildman–Crippen LogP) is 1.87. The van der Waals surface area contributed by atoms with Crippen molar-refractivity contribution >= 4 is 23.7 Å². The Balaban J connectivity index is 4.13. The third kappa shape index (κ3) is 3.08. The standard InChI is InChI=1S/C16H18O7/c1-7-8(2)11(14(18)21-4)13(16(20)23-6)12(15(19)22-5)10(7)9(3)17/h1-6H3. The predicted molar refractivity (Wildman–Crippen MR) is 79.9 cm³/mol. The maximum absolute atomic E-state index is 12.2. The van der Waals surface area contributed by atoms with Gasteiger partial charge in [0.25, 0.3) is 0 Å². The van der Waals surface area contributed by atoms with Gasteiger partial charge in [0.2, 0.25) is 0 Å². The SMILES string of the molecule is COC(=O)c1c(C)c(C)c(C(C)=O)c(C(=O)OC)c1C(=O)OC. The monoisotopic (exact) mass is 322 g/mol. The molecule has 0 N–H and O–H groups in total. The van der Waals surface area contributed by atoms with E-state index in [2.05, 4.69) is 9.47 Å². The number of ketones is 1. The van der Waals surface area contributed by atoms with E-state index in [0.717, 1.165) is 21.3 Å². The van der Waals surface area contributed by atoms with Gasteiger partial charge in [-0.15, -0.1) is 0 Å². The van der Waals surface area contributed by atoms with Crippen LogP contribution in [0.25, 0.3) is 0 Å². The minimum atomic E-state index is -0.934. The van der Waals surface area contributed by atoms with Crippen LogP contribution in [0.4, 0.5) is 0 Å². The summed E-state index contributed by atoms with van der Waals surface area (Å²) in [5, 5.41) is 0. The van der Waals surface area contributed by atoms with Crippen molar-refractivity contribution in [3.05, 3.63) is 33.4 Å². The Morgan fingerprint density at radius 1 is 0.609 bits per heavy atom. The first-order valence-corrected chi connectivity index (χ1v) is 6.65. The molecule has 1 aromatic rings. The fourth-order valence-electron chi connectivity index (χ4n) is 2.41. The fraction of sp³-hybridized carbons (Fsp3) is 0.375. The smallest absolute Gasteiger partial charge is 0.339 e. The van der Waals surface area contributed by atoms with E-state index in [1.165, 1.54) is 6.92 Å². The van der Waals surface area contributed by atoms with Gasteiger partial charge in [-0.1, -0.05) is 0 Å². The van der Waals surface area contributed by atoms with Crippen LogP contribution in [0.2, 0.25) is 0 Å². The number of carbonyl (C=O) groups excluding carboxylic acids is 4. The molecule has 0 spiro atoms. The highest BCUT2D eigenvalue weighted by Gasteiger charge is 2.34. The van der Waals surface area contributed by atoms with Crippen molar-refractivity contribution in [1.29, 1.82) is 0 Å². The van der Waals surface area contributed by atoms with Crippen molar-refractivity contribution in [2.45, 2.75) is 20.8 Å². The Hall–Kier alpha value is -2.70. The molecule has 0 bridgehead atoms. The average molecular weight is 322 g/mol. The van der Waals surface area contributed by atoms with Crippen LogP contribution in [0.15, 0.2) is 0 Å². The normalized spacial score (nSPS) is 10.0. The van der Waals surface area contributed by atoms with Gasteiger partial charge in [0.15, 0.2) is 5.78 Å². The van der Waals surface area contributed by atoms with Crippen LogP contribution in [0.5, 0.6) is 0 Å². The zero-order valence-corrected chi connectivity index (χ0v) is 13.9. The Bertz CT molecular complexity index is 701. The number of methoxy groups -OCH3 is 3. The second-order valence-electron chi connectivity index (χ2n) is 4.78. The first-order valence-electron chi connectivity index (χ1n) is 6.65. The maximum atomic E-state index is 12.2. The van der Waals surface area contributed by atoms with Crippen molar-refractivity contribution in [3.8, 4) is 0 Å². The molecule has 0 aliphatic rings. The van der Waals surface area contributed by atoms with E-state index in [1.54, 1.807) is 13.8 Å². The van der Waals surface area contributed by atoms with Crippen LogP contribution in [-0.2, 0) is 14.2 Å². The number of hydrogen-bond donors (Lipinski definition) is 0. The second-order valence-corrected chi connectivity index (χ2v) is 4.78. The molecule has 0 radical (unpaired) electrons. The molecule has 0 unspecified atom stereocenters. The van der Waals surface area contributed by atoms with Gasteiger partial charge in [-0.25, -0.2) is 14.4 Å². The topological polar surface area (TPSA) is 96.0 Å². The lowest BCUT2D eigenvalue weighted by atomic mass is 9.86. The minimum absolute atomic E-state index is 0.0161. The third-order valence-corrected chi connectivity index (χ3v) is 3.58. The number of ether oxygens (including phenoxy) is 3. The molecule has 0 amide bonds. The van der Waals surface area contributed by atoms with Crippen LogP contribution in [-0.4, -0.2) is 45.0 Å². The van der Waals surface area contributed by atoms with Crippen molar-refractivity contribution in [2.24, 2.45) is 0 Å². The summed E-state index contributed by atoms with van der Waals surface area (Å²) in [6.45, 7) is 4.39. The summed E-state index contributed by atoms with van der Waals surface area (Å²) in [5.41, 5.74) is 0.0144. The number of esters is 3. The zero-order chi connectivity index (χ0) is 17.9. The molecule has 0 atom stereocenters. The van der Waals surface area contributed by atoms with Crippen molar-refractivity contribution in [1.82, 2.24) is 0 Å². The lowest BCUT2D eigenvalue weighted by Gasteiger charge is -2.19. The Kier molecular flexibility index (Phi) is 5.62. The molecule has 1 rings (SSSR count). The molecule has 0 saturated carbocycles. The van der Waals surface area contributed by atoms with E-state index in [4.69, 9.17) is 4.74 Å². The highest BCUT2D eigenvalue weighted by atomic mass is 16.5. The molecule has 0 saturated heterocycles. The first-order chi connectivity index (χ1) is 10.7. The van der Waals surface area contributed by atoms with E-state index in [-0.39, 0.29) is 22.3 Å². The molecule has 0 heterocycles. The summed E-state index contributed by atoms with van der Waals surface area (Å²) in [7, 11) is 3.36. The van der Waals surface area contributed by atoms with Crippen LogP contribution in [0.1, 0.15) is 59.5 Å². The van der Waals surface area contributed by atoms with Gasteiger partial charge in [0, 0.05) is 5.56 Å². The molecule has 7 heteroatoms. The molecule has 7 nitrogen and oxygen atoms in total. The van der Waals surface area contributed by atoms with Gasteiger partial charge in [0.05, 0.1) is 38.0 Å². The molecule has 124 valence electrons. The number of Topliss-reactive ketones (excluding diaryl/α,β-unsaturated/α-hetero) is 1. The van der Waals surface area contributed by atoms with E-state index in [9.17, 15) is 19.2 Å². The van der Waals surface area contributed by atoms with Crippen LogP contribution in [0.3, 0.4) is 0 Å². The molecule has 23 heavy (non-hydrogen) atoms. The van der Waals surface area contributed by atoms with Crippen molar-refractivity contribution < 1.29 is 33.4 Å². The molecule has 0 fully saturated rings. The largest absolute Gasteiger partial charge is 0.465 e.